The van der Waals surface area contributed by atoms with Crippen LogP contribution in [0.4, 0.5) is 5.69 Å². The zero-order chi connectivity index (χ0) is 14.6. The Balaban J connectivity index is 2.78. The lowest BCUT2D eigenvalue weighted by Gasteiger charge is -2.17. The zero-order valence-corrected chi connectivity index (χ0v) is 11.6. The first-order valence-electron chi connectivity index (χ1n) is 5.17. The van der Waals surface area contributed by atoms with E-state index in [1.165, 1.54) is 25.2 Å². The molecule has 0 aliphatic rings. The van der Waals surface area contributed by atoms with Crippen LogP contribution in [0.2, 0.25) is 5.02 Å². The maximum atomic E-state index is 11.8. The van der Waals surface area contributed by atoms with Gasteiger partial charge in [0.25, 0.3) is 0 Å². The number of anilines is 1. The molecule has 1 aromatic rings. The number of rotatable bonds is 6. The lowest BCUT2D eigenvalue weighted by atomic mass is 10.3. The van der Waals surface area contributed by atoms with E-state index in [1.807, 2.05) is 0 Å². The Bertz CT molecular complexity index is 575. The van der Waals surface area contributed by atoms with Gasteiger partial charge in [0.05, 0.1) is 17.1 Å². The van der Waals surface area contributed by atoms with Crippen molar-refractivity contribution >= 4 is 33.5 Å². The monoisotopic (exact) mass is 308 g/mol. The molecule has 19 heavy (non-hydrogen) atoms. The number of halogens is 1. The highest BCUT2D eigenvalue weighted by molar-refractivity contribution is 7.90. The van der Waals surface area contributed by atoms with E-state index in [1.54, 1.807) is 0 Å². The summed E-state index contributed by atoms with van der Waals surface area (Å²) in [5.41, 5.74) is 0.171. The number of nitrogens with one attached hydrogen (secondary N) is 1. The van der Waals surface area contributed by atoms with E-state index < -0.39 is 16.2 Å². The number of benzene rings is 1. The predicted octanol–water partition coefficient (Wildman–Crippen LogP) is 1.11. The van der Waals surface area contributed by atoms with Crippen LogP contribution >= 0.6 is 11.6 Å². The number of hydrogen-bond acceptors (Lipinski definition) is 4. The SMILES string of the molecule is CN(CCC(=O)O)S(=O)(=O)Nc1ccc(O)c(Cl)c1. The number of hydrogen-bond donors (Lipinski definition) is 3. The summed E-state index contributed by atoms with van der Waals surface area (Å²) >= 11 is 5.65. The minimum Gasteiger partial charge on any atom is -0.506 e. The van der Waals surface area contributed by atoms with Gasteiger partial charge in [-0.25, -0.2) is 0 Å². The molecule has 0 fully saturated rings. The van der Waals surface area contributed by atoms with Crippen molar-refractivity contribution in [3.63, 3.8) is 0 Å². The molecule has 106 valence electrons. The van der Waals surface area contributed by atoms with Crippen LogP contribution in [0.1, 0.15) is 6.42 Å². The van der Waals surface area contributed by atoms with E-state index in [-0.39, 0.29) is 29.4 Å². The molecule has 0 aliphatic carbocycles. The third kappa shape index (κ3) is 4.58. The van der Waals surface area contributed by atoms with Crippen LogP contribution in [0.5, 0.6) is 5.75 Å². The Morgan fingerprint density at radius 2 is 2.11 bits per heavy atom. The van der Waals surface area contributed by atoms with E-state index in [0.29, 0.717) is 0 Å². The third-order valence-corrected chi connectivity index (χ3v) is 4.04. The molecule has 0 unspecified atom stereocenters. The summed E-state index contributed by atoms with van der Waals surface area (Å²) in [4.78, 5) is 10.4. The maximum absolute atomic E-state index is 11.8. The summed E-state index contributed by atoms with van der Waals surface area (Å²) in [7, 11) is -2.60. The molecule has 0 heterocycles. The zero-order valence-electron chi connectivity index (χ0n) is 10.00. The lowest BCUT2D eigenvalue weighted by molar-refractivity contribution is -0.137. The van der Waals surface area contributed by atoms with Gasteiger partial charge < -0.3 is 10.2 Å². The van der Waals surface area contributed by atoms with E-state index >= 15 is 0 Å². The Morgan fingerprint density at radius 1 is 1.47 bits per heavy atom. The number of phenolic OH excluding ortho intramolecular Hbond substituents is 1. The van der Waals surface area contributed by atoms with Crippen molar-refractivity contribution in [2.45, 2.75) is 6.42 Å². The first-order chi connectivity index (χ1) is 8.72. The van der Waals surface area contributed by atoms with Gasteiger partial charge in [-0.15, -0.1) is 0 Å². The molecule has 0 saturated carbocycles. The molecule has 1 rings (SSSR count). The average molecular weight is 309 g/mol. The number of carbonyl (C=O) groups is 1. The van der Waals surface area contributed by atoms with Crippen molar-refractivity contribution in [1.29, 1.82) is 0 Å². The topological polar surface area (TPSA) is 107 Å². The highest BCUT2D eigenvalue weighted by Gasteiger charge is 2.18. The van der Waals surface area contributed by atoms with Gasteiger partial charge in [-0.1, -0.05) is 11.6 Å². The molecule has 0 saturated heterocycles. The predicted molar refractivity (Wildman–Crippen MR) is 70.5 cm³/mol. The minimum absolute atomic E-state index is 0.00777. The quantitative estimate of drug-likeness (QED) is 0.682. The Morgan fingerprint density at radius 3 is 2.63 bits per heavy atom. The van der Waals surface area contributed by atoms with Crippen LogP contribution in [0.15, 0.2) is 18.2 Å². The fraction of sp³-hybridized carbons (Fsp3) is 0.300. The molecule has 0 bridgehead atoms. The van der Waals surface area contributed by atoms with Gasteiger partial charge in [-0.3, -0.25) is 9.52 Å². The normalized spacial score (nSPS) is 11.5. The number of phenols is 1. The highest BCUT2D eigenvalue weighted by Crippen LogP contribution is 2.26. The van der Waals surface area contributed by atoms with Crippen molar-refractivity contribution in [3.8, 4) is 5.75 Å². The van der Waals surface area contributed by atoms with Crippen LogP contribution in [-0.2, 0) is 15.0 Å². The largest absolute Gasteiger partial charge is 0.506 e. The highest BCUT2D eigenvalue weighted by atomic mass is 35.5. The second-order valence-corrected chi connectivity index (χ2v) is 5.92. The molecule has 1 aromatic carbocycles. The van der Waals surface area contributed by atoms with Crippen molar-refractivity contribution in [3.05, 3.63) is 23.2 Å². The standard InChI is InChI=1S/C10H13ClN2O5S/c1-13(5-4-10(15)16)19(17,18)12-7-2-3-9(14)8(11)6-7/h2-3,6,12,14H,4-5H2,1H3,(H,15,16). The molecule has 0 radical (unpaired) electrons. The summed E-state index contributed by atoms with van der Waals surface area (Å²) in [5, 5.41) is 17.7. The Kier molecular flexibility index (Phi) is 4.98. The summed E-state index contributed by atoms with van der Waals surface area (Å²) < 4.78 is 26.7. The van der Waals surface area contributed by atoms with Gasteiger partial charge in [0.1, 0.15) is 5.75 Å². The summed E-state index contributed by atoms with van der Waals surface area (Å²) in [6, 6.07) is 3.83. The third-order valence-electron chi connectivity index (χ3n) is 2.25. The van der Waals surface area contributed by atoms with Crippen molar-refractivity contribution in [2.75, 3.05) is 18.3 Å². The number of aromatic hydroxyl groups is 1. The molecule has 0 spiro atoms. The Hall–Kier alpha value is -1.51. The minimum atomic E-state index is -3.86. The molecular weight excluding hydrogens is 296 g/mol. The molecule has 0 atom stereocenters. The lowest BCUT2D eigenvalue weighted by Crippen LogP contribution is -2.34. The number of aliphatic carboxylic acids is 1. The van der Waals surface area contributed by atoms with Crippen molar-refractivity contribution in [1.82, 2.24) is 4.31 Å². The first kappa shape index (κ1) is 15.5. The molecule has 7 nitrogen and oxygen atoms in total. The second-order valence-electron chi connectivity index (χ2n) is 3.74. The van der Waals surface area contributed by atoms with Crippen LogP contribution in [0, 0.1) is 0 Å². The fourth-order valence-corrected chi connectivity index (χ4v) is 2.26. The molecule has 9 heteroatoms. The summed E-state index contributed by atoms with van der Waals surface area (Å²) in [5.74, 6) is -1.25. The van der Waals surface area contributed by atoms with Crippen LogP contribution < -0.4 is 4.72 Å². The van der Waals surface area contributed by atoms with Gasteiger partial charge in [-0.05, 0) is 18.2 Å². The van der Waals surface area contributed by atoms with Crippen LogP contribution in [-0.4, -0.2) is 42.5 Å². The Labute approximate surface area is 115 Å². The summed E-state index contributed by atoms with van der Waals surface area (Å²) in [6.45, 7) is -0.156. The smallest absolute Gasteiger partial charge is 0.304 e. The molecular formula is C10H13ClN2O5S. The number of carboxylic acid groups (broad SMARTS) is 1. The van der Waals surface area contributed by atoms with Crippen molar-refractivity contribution in [2.24, 2.45) is 0 Å². The van der Waals surface area contributed by atoms with Crippen LogP contribution in [0.3, 0.4) is 0 Å². The number of carboxylic acids is 1. The number of nitrogens with zero attached hydrogens (tertiary/aromatic N) is 1. The van der Waals surface area contributed by atoms with E-state index in [2.05, 4.69) is 4.72 Å². The van der Waals surface area contributed by atoms with Gasteiger partial charge in [0.15, 0.2) is 0 Å². The van der Waals surface area contributed by atoms with Gasteiger partial charge in [-0.2, -0.15) is 12.7 Å². The van der Waals surface area contributed by atoms with Gasteiger partial charge >= 0.3 is 16.2 Å². The van der Waals surface area contributed by atoms with E-state index in [9.17, 15) is 18.3 Å². The molecule has 0 aromatic heterocycles. The van der Waals surface area contributed by atoms with Crippen LogP contribution in [0.25, 0.3) is 0 Å². The fourth-order valence-electron chi connectivity index (χ4n) is 1.17. The average Bonchev–Trinajstić information content (AvgIpc) is 2.30. The second kappa shape index (κ2) is 6.09. The van der Waals surface area contributed by atoms with Crippen molar-refractivity contribution < 1.29 is 23.4 Å². The van der Waals surface area contributed by atoms with E-state index in [0.717, 1.165) is 4.31 Å². The molecule has 3 N–H and O–H groups in total. The molecule has 0 aliphatic heterocycles. The first-order valence-corrected chi connectivity index (χ1v) is 6.98. The molecule has 0 amide bonds. The van der Waals surface area contributed by atoms with Gasteiger partial charge in [0, 0.05) is 13.6 Å². The van der Waals surface area contributed by atoms with E-state index in [4.69, 9.17) is 16.7 Å². The maximum Gasteiger partial charge on any atom is 0.304 e. The van der Waals surface area contributed by atoms with Gasteiger partial charge in [0.2, 0.25) is 0 Å². The summed E-state index contributed by atoms with van der Waals surface area (Å²) in [6.07, 6.45) is -0.298.